The SMILES string of the molecule is CSCCC(N)C(=O)NCc1ccc(F)c(C)c1. The Labute approximate surface area is 111 Å². The zero-order chi connectivity index (χ0) is 13.5. The van der Waals surface area contributed by atoms with Gasteiger partial charge in [-0.2, -0.15) is 11.8 Å². The number of aryl methyl sites for hydroxylation is 1. The third-order valence-corrected chi connectivity index (χ3v) is 3.30. The summed E-state index contributed by atoms with van der Waals surface area (Å²) in [6.45, 7) is 2.08. The van der Waals surface area contributed by atoms with E-state index in [1.54, 1.807) is 30.8 Å². The molecular weight excluding hydrogens is 251 g/mol. The summed E-state index contributed by atoms with van der Waals surface area (Å²) in [5.74, 6) is 0.470. The zero-order valence-corrected chi connectivity index (χ0v) is 11.5. The molecule has 1 amide bonds. The second-order valence-electron chi connectivity index (χ2n) is 4.19. The van der Waals surface area contributed by atoms with Crippen molar-refractivity contribution in [1.29, 1.82) is 0 Å². The highest BCUT2D eigenvalue weighted by Gasteiger charge is 2.12. The Morgan fingerprint density at radius 3 is 2.89 bits per heavy atom. The van der Waals surface area contributed by atoms with Crippen LogP contribution in [-0.4, -0.2) is 24.0 Å². The van der Waals surface area contributed by atoms with Gasteiger partial charge < -0.3 is 11.1 Å². The second-order valence-corrected chi connectivity index (χ2v) is 5.17. The van der Waals surface area contributed by atoms with Gasteiger partial charge in [-0.3, -0.25) is 4.79 Å². The lowest BCUT2D eigenvalue weighted by Crippen LogP contribution is -2.40. The van der Waals surface area contributed by atoms with Gasteiger partial charge in [0, 0.05) is 6.54 Å². The monoisotopic (exact) mass is 270 g/mol. The van der Waals surface area contributed by atoms with Crippen molar-refractivity contribution >= 4 is 17.7 Å². The lowest BCUT2D eigenvalue weighted by Gasteiger charge is -2.12. The largest absolute Gasteiger partial charge is 0.351 e. The number of hydrogen-bond donors (Lipinski definition) is 2. The Morgan fingerprint density at radius 2 is 2.28 bits per heavy atom. The summed E-state index contributed by atoms with van der Waals surface area (Å²) < 4.78 is 13.1. The fourth-order valence-corrected chi connectivity index (χ4v) is 2.00. The van der Waals surface area contributed by atoms with Gasteiger partial charge in [0.2, 0.25) is 5.91 Å². The highest BCUT2D eigenvalue weighted by Crippen LogP contribution is 2.09. The minimum absolute atomic E-state index is 0.161. The smallest absolute Gasteiger partial charge is 0.237 e. The Balaban J connectivity index is 2.44. The van der Waals surface area contributed by atoms with Crippen LogP contribution in [0.15, 0.2) is 18.2 Å². The minimum atomic E-state index is -0.473. The molecule has 5 heteroatoms. The third kappa shape index (κ3) is 4.66. The number of thioether (sulfide) groups is 1. The van der Waals surface area contributed by atoms with E-state index in [1.165, 1.54) is 6.07 Å². The molecule has 0 saturated heterocycles. The summed E-state index contributed by atoms with van der Waals surface area (Å²) in [6, 6.07) is 4.32. The van der Waals surface area contributed by atoms with Crippen molar-refractivity contribution in [2.24, 2.45) is 5.73 Å². The van der Waals surface area contributed by atoms with Crippen molar-refractivity contribution in [3.05, 3.63) is 35.1 Å². The van der Waals surface area contributed by atoms with Gasteiger partial charge in [-0.25, -0.2) is 4.39 Å². The predicted octanol–water partition coefficient (Wildman–Crippen LogP) is 1.83. The summed E-state index contributed by atoms with van der Waals surface area (Å²) in [5.41, 5.74) is 7.19. The average Bonchev–Trinajstić information content (AvgIpc) is 2.36. The standard InChI is InChI=1S/C13H19FN2OS/c1-9-7-10(3-4-11(9)14)8-16-13(17)12(15)5-6-18-2/h3-4,7,12H,5-6,8,15H2,1-2H3,(H,16,17). The molecule has 18 heavy (non-hydrogen) atoms. The molecule has 0 bridgehead atoms. The fraction of sp³-hybridized carbons (Fsp3) is 0.462. The molecule has 0 aromatic heterocycles. The molecule has 1 aromatic rings. The van der Waals surface area contributed by atoms with Gasteiger partial charge in [0.1, 0.15) is 5.82 Å². The number of carbonyl (C=O) groups is 1. The number of hydrogen-bond acceptors (Lipinski definition) is 3. The first-order valence-corrected chi connectivity index (χ1v) is 7.21. The Bertz CT molecular complexity index is 412. The van der Waals surface area contributed by atoms with Crippen molar-refractivity contribution in [3.8, 4) is 0 Å². The molecule has 1 rings (SSSR count). The van der Waals surface area contributed by atoms with Crippen LogP contribution in [0.4, 0.5) is 4.39 Å². The number of benzene rings is 1. The number of halogens is 1. The van der Waals surface area contributed by atoms with E-state index in [2.05, 4.69) is 5.32 Å². The van der Waals surface area contributed by atoms with Crippen molar-refractivity contribution in [2.45, 2.75) is 25.9 Å². The Kier molecular flexibility index (Phi) is 6.15. The van der Waals surface area contributed by atoms with E-state index >= 15 is 0 Å². The van der Waals surface area contributed by atoms with Crippen LogP contribution in [0.5, 0.6) is 0 Å². The molecule has 0 saturated carbocycles. The molecule has 0 fully saturated rings. The van der Waals surface area contributed by atoms with Crippen LogP contribution in [0.2, 0.25) is 0 Å². The van der Waals surface area contributed by atoms with Gasteiger partial charge in [0.25, 0.3) is 0 Å². The van der Waals surface area contributed by atoms with Crippen molar-refractivity contribution in [2.75, 3.05) is 12.0 Å². The van der Waals surface area contributed by atoms with Crippen molar-refractivity contribution < 1.29 is 9.18 Å². The normalized spacial score (nSPS) is 12.2. The Hall–Kier alpha value is -1.07. The quantitative estimate of drug-likeness (QED) is 0.829. The van der Waals surface area contributed by atoms with E-state index in [0.29, 0.717) is 18.5 Å². The third-order valence-electron chi connectivity index (χ3n) is 2.66. The van der Waals surface area contributed by atoms with Crippen LogP contribution in [0.3, 0.4) is 0 Å². The second kappa shape index (κ2) is 7.38. The lowest BCUT2D eigenvalue weighted by atomic mass is 10.1. The number of nitrogens with two attached hydrogens (primary N) is 1. The van der Waals surface area contributed by atoms with Crippen LogP contribution in [0, 0.1) is 12.7 Å². The molecule has 0 heterocycles. The fourth-order valence-electron chi connectivity index (χ4n) is 1.51. The van der Waals surface area contributed by atoms with E-state index in [0.717, 1.165) is 11.3 Å². The summed E-state index contributed by atoms with van der Waals surface area (Å²) in [7, 11) is 0. The molecular formula is C13H19FN2OS. The van der Waals surface area contributed by atoms with Gasteiger partial charge in [0.15, 0.2) is 0 Å². The summed E-state index contributed by atoms with van der Waals surface area (Å²) in [6.07, 6.45) is 2.64. The molecule has 0 radical (unpaired) electrons. The average molecular weight is 270 g/mol. The molecule has 3 N–H and O–H groups in total. The lowest BCUT2D eigenvalue weighted by molar-refractivity contribution is -0.122. The molecule has 1 aromatic carbocycles. The highest BCUT2D eigenvalue weighted by molar-refractivity contribution is 7.98. The molecule has 3 nitrogen and oxygen atoms in total. The maximum Gasteiger partial charge on any atom is 0.237 e. The first-order valence-electron chi connectivity index (χ1n) is 5.82. The number of nitrogens with one attached hydrogen (secondary N) is 1. The maximum absolute atomic E-state index is 13.1. The van der Waals surface area contributed by atoms with Gasteiger partial charge in [-0.15, -0.1) is 0 Å². The van der Waals surface area contributed by atoms with Crippen LogP contribution in [-0.2, 0) is 11.3 Å². The first kappa shape index (κ1) is 15.0. The van der Waals surface area contributed by atoms with Crippen LogP contribution < -0.4 is 11.1 Å². The summed E-state index contributed by atoms with van der Waals surface area (Å²) in [5, 5.41) is 2.76. The molecule has 100 valence electrons. The van der Waals surface area contributed by atoms with E-state index in [1.807, 2.05) is 6.26 Å². The first-order chi connectivity index (χ1) is 8.54. The maximum atomic E-state index is 13.1. The molecule has 0 aliphatic heterocycles. The zero-order valence-electron chi connectivity index (χ0n) is 10.7. The number of rotatable bonds is 6. The van der Waals surface area contributed by atoms with Crippen LogP contribution in [0.25, 0.3) is 0 Å². The summed E-state index contributed by atoms with van der Waals surface area (Å²) in [4.78, 5) is 11.7. The highest BCUT2D eigenvalue weighted by atomic mass is 32.2. The molecule has 0 spiro atoms. The number of carbonyl (C=O) groups excluding carboxylic acids is 1. The van der Waals surface area contributed by atoms with E-state index in [9.17, 15) is 9.18 Å². The molecule has 0 aliphatic rings. The van der Waals surface area contributed by atoms with Crippen LogP contribution >= 0.6 is 11.8 Å². The molecule has 0 aliphatic carbocycles. The minimum Gasteiger partial charge on any atom is -0.351 e. The van der Waals surface area contributed by atoms with E-state index < -0.39 is 6.04 Å². The van der Waals surface area contributed by atoms with Crippen molar-refractivity contribution in [3.63, 3.8) is 0 Å². The van der Waals surface area contributed by atoms with Crippen LogP contribution in [0.1, 0.15) is 17.5 Å². The summed E-state index contributed by atoms with van der Waals surface area (Å²) >= 11 is 1.66. The topological polar surface area (TPSA) is 55.1 Å². The van der Waals surface area contributed by atoms with Gasteiger partial charge in [-0.1, -0.05) is 12.1 Å². The van der Waals surface area contributed by atoms with Gasteiger partial charge in [0.05, 0.1) is 6.04 Å². The molecule has 1 unspecified atom stereocenters. The van der Waals surface area contributed by atoms with E-state index in [-0.39, 0.29) is 11.7 Å². The Morgan fingerprint density at radius 1 is 1.56 bits per heavy atom. The number of amides is 1. The van der Waals surface area contributed by atoms with Gasteiger partial charge in [-0.05, 0) is 42.5 Å². The van der Waals surface area contributed by atoms with Gasteiger partial charge >= 0.3 is 0 Å². The van der Waals surface area contributed by atoms with Crippen molar-refractivity contribution in [1.82, 2.24) is 5.32 Å². The molecule has 1 atom stereocenters. The van der Waals surface area contributed by atoms with E-state index in [4.69, 9.17) is 5.73 Å². The predicted molar refractivity (Wildman–Crippen MR) is 74.0 cm³/mol.